The standard InChI is InChI=1S/C14H15NO4/c1-10(9-15)19-14(16)7-4-11-8-12(17-2)5-6-13(11)18-3/h4-8,10H,1-3H3/b7-4+/t10-/m1/s1. The number of ether oxygens (including phenoxy) is 3. The third kappa shape index (κ3) is 4.36. The van der Waals surface area contributed by atoms with Crippen molar-refractivity contribution in [1.82, 2.24) is 0 Å². The summed E-state index contributed by atoms with van der Waals surface area (Å²) in [6.45, 7) is 1.50. The molecule has 0 radical (unpaired) electrons. The summed E-state index contributed by atoms with van der Waals surface area (Å²) in [5.41, 5.74) is 0.684. The van der Waals surface area contributed by atoms with Gasteiger partial charge in [0, 0.05) is 11.6 Å². The fourth-order valence-electron chi connectivity index (χ4n) is 1.37. The first-order chi connectivity index (χ1) is 9.10. The Morgan fingerprint density at radius 1 is 1.37 bits per heavy atom. The monoisotopic (exact) mass is 261 g/mol. The normalized spacial score (nSPS) is 11.7. The molecule has 19 heavy (non-hydrogen) atoms. The molecule has 0 unspecified atom stereocenters. The van der Waals surface area contributed by atoms with Crippen molar-refractivity contribution in [3.8, 4) is 17.6 Å². The Bertz CT molecular complexity index is 517. The second kappa shape index (κ2) is 7.07. The van der Waals surface area contributed by atoms with Gasteiger partial charge in [-0.15, -0.1) is 0 Å². The van der Waals surface area contributed by atoms with Crippen LogP contribution in [0.25, 0.3) is 6.08 Å². The van der Waals surface area contributed by atoms with Gasteiger partial charge in [-0.1, -0.05) is 0 Å². The van der Waals surface area contributed by atoms with E-state index in [4.69, 9.17) is 19.5 Å². The van der Waals surface area contributed by atoms with E-state index in [2.05, 4.69) is 0 Å². The maximum absolute atomic E-state index is 11.4. The summed E-state index contributed by atoms with van der Waals surface area (Å²) in [6, 6.07) is 7.04. The molecule has 0 saturated carbocycles. The van der Waals surface area contributed by atoms with E-state index in [0.29, 0.717) is 17.1 Å². The smallest absolute Gasteiger partial charge is 0.332 e. The first-order valence-electron chi connectivity index (χ1n) is 5.61. The highest BCUT2D eigenvalue weighted by Gasteiger charge is 2.06. The van der Waals surface area contributed by atoms with Crippen LogP contribution in [0, 0.1) is 11.3 Å². The second-order valence-electron chi connectivity index (χ2n) is 3.65. The average molecular weight is 261 g/mol. The van der Waals surface area contributed by atoms with Crippen LogP contribution >= 0.6 is 0 Å². The first kappa shape index (κ1) is 14.6. The minimum absolute atomic E-state index is 0.584. The second-order valence-corrected chi connectivity index (χ2v) is 3.65. The molecule has 0 spiro atoms. The average Bonchev–Trinajstić information content (AvgIpc) is 2.44. The largest absolute Gasteiger partial charge is 0.497 e. The molecular weight excluding hydrogens is 246 g/mol. The van der Waals surface area contributed by atoms with E-state index in [1.54, 1.807) is 31.4 Å². The highest BCUT2D eigenvalue weighted by molar-refractivity contribution is 5.88. The minimum Gasteiger partial charge on any atom is -0.497 e. The van der Waals surface area contributed by atoms with Crippen LogP contribution in [0.15, 0.2) is 24.3 Å². The third-order valence-electron chi connectivity index (χ3n) is 2.31. The lowest BCUT2D eigenvalue weighted by Gasteiger charge is -2.07. The lowest BCUT2D eigenvalue weighted by Crippen LogP contribution is -2.10. The summed E-state index contributed by atoms with van der Waals surface area (Å²) in [6.07, 6.45) is 2.02. The summed E-state index contributed by atoms with van der Waals surface area (Å²) in [7, 11) is 3.09. The van der Waals surface area contributed by atoms with Gasteiger partial charge in [0.1, 0.15) is 17.6 Å². The number of nitriles is 1. The van der Waals surface area contributed by atoms with Crippen molar-refractivity contribution in [2.45, 2.75) is 13.0 Å². The molecule has 1 atom stereocenters. The van der Waals surface area contributed by atoms with E-state index in [9.17, 15) is 4.79 Å². The van der Waals surface area contributed by atoms with E-state index in [1.807, 2.05) is 6.07 Å². The number of carbonyl (C=O) groups is 1. The van der Waals surface area contributed by atoms with Crippen LogP contribution in [0.4, 0.5) is 0 Å². The SMILES string of the molecule is COc1ccc(OC)c(/C=C/C(=O)O[C@H](C)C#N)c1. The molecule has 0 bridgehead atoms. The summed E-state index contributed by atoms with van der Waals surface area (Å²) in [5.74, 6) is 0.677. The van der Waals surface area contributed by atoms with Crippen molar-refractivity contribution in [1.29, 1.82) is 5.26 Å². The van der Waals surface area contributed by atoms with Crippen molar-refractivity contribution < 1.29 is 19.0 Å². The highest BCUT2D eigenvalue weighted by Crippen LogP contribution is 2.25. The van der Waals surface area contributed by atoms with E-state index in [0.717, 1.165) is 0 Å². The van der Waals surface area contributed by atoms with Crippen LogP contribution in [-0.4, -0.2) is 26.3 Å². The molecule has 100 valence electrons. The molecule has 0 saturated heterocycles. The fraction of sp³-hybridized carbons (Fsp3) is 0.286. The molecule has 0 amide bonds. The van der Waals surface area contributed by atoms with Crippen LogP contribution in [-0.2, 0) is 9.53 Å². The number of hydrogen-bond acceptors (Lipinski definition) is 5. The molecule has 0 aliphatic carbocycles. The van der Waals surface area contributed by atoms with Crippen molar-refractivity contribution >= 4 is 12.0 Å². The minimum atomic E-state index is -0.774. The van der Waals surface area contributed by atoms with Crippen LogP contribution in [0.2, 0.25) is 0 Å². The predicted octanol–water partition coefficient (Wildman–Crippen LogP) is 2.17. The van der Waals surface area contributed by atoms with Crippen molar-refractivity contribution in [2.75, 3.05) is 14.2 Å². The van der Waals surface area contributed by atoms with Gasteiger partial charge < -0.3 is 14.2 Å². The fourth-order valence-corrected chi connectivity index (χ4v) is 1.37. The third-order valence-corrected chi connectivity index (χ3v) is 2.31. The Hall–Kier alpha value is -2.48. The quantitative estimate of drug-likeness (QED) is 0.600. The number of hydrogen-bond donors (Lipinski definition) is 0. The lowest BCUT2D eigenvalue weighted by atomic mass is 10.1. The van der Waals surface area contributed by atoms with E-state index >= 15 is 0 Å². The van der Waals surface area contributed by atoms with Gasteiger partial charge in [-0.2, -0.15) is 5.26 Å². The number of rotatable bonds is 5. The summed E-state index contributed by atoms with van der Waals surface area (Å²) in [4.78, 5) is 11.4. The van der Waals surface area contributed by atoms with Gasteiger partial charge in [0.05, 0.1) is 14.2 Å². The van der Waals surface area contributed by atoms with E-state index < -0.39 is 12.1 Å². The molecular formula is C14H15NO4. The van der Waals surface area contributed by atoms with Crippen LogP contribution in [0.5, 0.6) is 11.5 Å². The van der Waals surface area contributed by atoms with E-state index in [-0.39, 0.29) is 0 Å². The van der Waals surface area contributed by atoms with E-state index in [1.165, 1.54) is 20.1 Å². The van der Waals surface area contributed by atoms with Gasteiger partial charge >= 0.3 is 5.97 Å². The predicted molar refractivity (Wildman–Crippen MR) is 69.7 cm³/mol. The van der Waals surface area contributed by atoms with Crippen LogP contribution < -0.4 is 9.47 Å². The molecule has 0 aliphatic rings. The number of esters is 1. The Kier molecular flexibility index (Phi) is 5.42. The van der Waals surface area contributed by atoms with Gasteiger partial charge in [0.25, 0.3) is 0 Å². The van der Waals surface area contributed by atoms with Gasteiger partial charge in [-0.25, -0.2) is 4.79 Å². The lowest BCUT2D eigenvalue weighted by molar-refractivity contribution is -0.139. The Morgan fingerprint density at radius 3 is 2.68 bits per heavy atom. The van der Waals surface area contributed by atoms with Crippen LogP contribution in [0.1, 0.15) is 12.5 Å². The maximum Gasteiger partial charge on any atom is 0.332 e. The number of carbonyl (C=O) groups excluding carboxylic acids is 1. The van der Waals surface area contributed by atoms with Gasteiger partial charge in [0.2, 0.25) is 0 Å². The van der Waals surface area contributed by atoms with Crippen LogP contribution in [0.3, 0.4) is 0 Å². The van der Waals surface area contributed by atoms with Crippen molar-refractivity contribution in [3.63, 3.8) is 0 Å². The zero-order chi connectivity index (χ0) is 14.3. The Morgan fingerprint density at radius 2 is 2.11 bits per heavy atom. The number of benzene rings is 1. The molecule has 5 heteroatoms. The molecule has 0 N–H and O–H groups in total. The molecule has 0 aliphatic heterocycles. The Labute approximate surface area is 112 Å². The first-order valence-corrected chi connectivity index (χ1v) is 5.61. The molecule has 0 aromatic heterocycles. The van der Waals surface area contributed by atoms with Gasteiger partial charge in [-0.3, -0.25) is 0 Å². The zero-order valence-corrected chi connectivity index (χ0v) is 11.0. The summed E-state index contributed by atoms with van der Waals surface area (Å²) >= 11 is 0. The zero-order valence-electron chi connectivity index (χ0n) is 11.0. The molecule has 1 rings (SSSR count). The molecule has 0 fully saturated rings. The summed E-state index contributed by atoms with van der Waals surface area (Å²) < 4.78 is 15.1. The maximum atomic E-state index is 11.4. The highest BCUT2D eigenvalue weighted by atomic mass is 16.5. The number of methoxy groups -OCH3 is 2. The van der Waals surface area contributed by atoms with Gasteiger partial charge in [0.15, 0.2) is 6.10 Å². The molecule has 0 heterocycles. The molecule has 1 aromatic rings. The van der Waals surface area contributed by atoms with Crippen molar-refractivity contribution in [3.05, 3.63) is 29.8 Å². The van der Waals surface area contributed by atoms with Gasteiger partial charge in [-0.05, 0) is 31.2 Å². The summed E-state index contributed by atoms with van der Waals surface area (Å²) in [5, 5.41) is 8.53. The number of nitrogens with zero attached hydrogens (tertiary/aromatic N) is 1. The van der Waals surface area contributed by atoms with Crippen molar-refractivity contribution in [2.24, 2.45) is 0 Å². The molecule has 1 aromatic carbocycles. The topological polar surface area (TPSA) is 68.6 Å². The Balaban J connectivity index is 2.86. The molecule has 5 nitrogen and oxygen atoms in total.